The molecule has 0 aliphatic carbocycles. The smallest absolute Gasteiger partial charge is 0.304 e. The average molecular weight is 222 g/mol. The van der Waals surface area contributed by atoms with Crippen molar-refractivity contribution in [2.24, 2.45) is 0 Å². The lowest BCUT2D eigenvalue weighted by Gasteiger charge is -2.16. The Balaban J connectivity index is 4.52. The predicted molar refractivity (Wildman–Crippen MR) is 55.0 cm³/mol. The van der Waals surface area contributed by atoms with Crippen molar-refractivity contribution in [1.29, 1.82) is 0 Å². The van der Waals surface area contributed by atoms with Crippen LogP contribution in [0.3, 0.4) is 0 Å². The van der Waals surface area contributed by atoms with Gasteiger partial charge in [-0.25, -0.2) is 8.42 Å². The van der Waals surface area contributed by atoms with Crippen LogP contribution in [0.25, 0.3) is 0 Å². The molecule has 4 nitrogen and oxygen atoms in total. The molecule has 0 aromatic heterocycles. The summed E-state index contributed by atoms with van der Waals surface area (Å²) in [6.45, 7) is 5.00. The van der Waals surface area contributed by atoms with Gasteiger partial charge >= 0.3 is 5.97 Å². The molecule has 0 rings (SSSR count). The van der Waals surface area contributed by atoms with Gasteiger partial charge in [-0.15, -0.1) is 0 Å². The molecule has 0 saturated heterocycles. The van der Waals surface area contributed by atoms with Gasteiger partial charge in [0.25, 0.3) is 0 Å². The molecule has 0 saturated carbocycles. The largest absolute Gasteiger partial charge is 0.481 e. The highest BCUT2D eigenvalue weighted by molar-refractivity contribution is 7.92. The van der Waals surface area contributed by atoms with E-state index in [9.17, 15) is 13.2 Å². The quantitative estimate of drug-likeness (QED) is 0.738. The minimum Gasteiger partial charge on any atom is -0.481 e. The number of aliphatic carboxylic acids is 1. The summed E-state index contributed by atoms with van der Waals surface area (Å²) in [5.41, 5.74) is 0. The third-order valence-corrected chi connectivity index (χ3v) is 4.92. The molecule has 0 amide bonds. The van der Waals surface area contributed by atoms with Crippen molar-refractivity contribution in [3.8, 4) is 0 Å². The lowest BCUT2D eigenvalue weighted by Crippen LogP contribution is -2.29. The number of carbonyl (C=O) groups is 1. The van der Waals surface area contributed by atoms with Crippen molar-refractivity contribution in [2.45, 2.75) is 50.5 Å². The van der Waals surface area contributed by atoms with Gasteiger partial charge in [-0.05, 0) is 20.3 Å². The van der Waals surface area contributed by atoms with Gasteiger partial charge in [-0.1, -0.05) is 13.3 Å². The number of sulfone groups is 1. The zero-order chi connectivity index (χ0) is 11.4. The topological polar surface area (TPSA) is 71.4 Å². The SMILES string of the molecule is CCCC(C)S(=O)(=O)C(C)CC(=O)O. The van der Waals surface area contributed by atoms with Crippen LogP contribution in [0, 0.1) is 0 Å². The first-order chi connectivity index (χ1) is 6.32. The van der Waals surface area contributed by atoms with Gasteiger partial charge in [-0.2, -0.15) is 0 Å². The zero-order valence-corrected chi connectivity index (χ0v) is 9.67. The highest BCUT2D eigenvalue weighted by Crippen LogP contribution is 2.16. The molecular weight excluding hydrogens is 204 g/mol. The van der Waals surface area contributed by atoms with Crippen LogP contribution in [0.5, 0.6) is 0 Å². The van der Waals surface area contributed by atoms with Gasteiger partial charge in [0.2, 0.25) is 0 Å². The summed E-state index contributed by atoms with van der Waals surface area (Å²) in [6.07, 6.45) is 1.07. The first-order valence-electron chi connectivity index (χ1n) is 4.76. The number of carboxylic acids is 1. The summed E-state index contributed by atoms with van der Waals surface area (Å²) in [7, 11) is -3.28. The minimum absolute atomic E-state index is 0.309. The molecular formula is C9H18O4S. The minimum atomic E-state index is -3.28. The van der Waals surface area contributed by atoms with Crippen LogP contribution in [-0.4, -0.2) is 30.0 Å². The van der Waals surface area contributed by atoms with E-state index >= 15 is 0 Å². The third-order valence-electron chi connectivity index (χ3n) is 2.28. The van der Waals surface area contributed by atoms with E-state index in [4.69, 9.17) is 5.11 Å². The van der Waals surface area contributed by atoms with Gasteiger partial charge in [0.15, 0.2) is 9.84 Å². The van der Waals surface area contributed by atoms with Crippen LogP contribution in [-0.2, 0) is 14.6 Å². The highest BCUT2D eigenvalue weighted by Gasteiger charge is 2.28. The van der Waals surface area contributed by atoms with E-state index in [2.05, 4.69) is 0 Å². The van der Waals surface area contributed by atoms with Gasteiger partial charge in [0, 0.05) is 0 Å². The third kappa shape index (κ3) is 3.65. The van der Waals surface area contributed by atoms with Gasteiger partial charge < -0.3 is 5.11 Å². The molecule has 0 aromatic rings. The number of hydrogen-bond acceptors (Lipinski definition) is 3. The molecule has 0 aliphatic rings. The fraction of sp³-hybridized carbons (Fsp3) is 0.889. The van der Waals surface area contributed by atoms with Gasteiger partial charge in [-0.3, -0.25) is 4.79 Å². The fourth-order valence-electron chi connectivity index (χ4n) is 1.33. The second-order valence-electron chi connectivity index (χ2n) is 3.60. The number of hydrogen-bond donors (Lipinski definition) is 1. The summed E-state index contributed by atoms with van der Waals surface area (Å²) in [5, 5.41) is 7.26. The maximum absolute atomic E-state index is 11.7. The standard InChI is InChI=1S/C9H18O4S/c1-4-5-7(2)14(12,13)8(3)6-9(10)11/h7-8H,4-6H2,1-3H3,(H,10,11). The Morgan fingerprint density at radius 2 is 1.79 bits per heavy atom. The number of rotatable bonds is 6. The Morgan fingerprint density at radius 1 is 1.29 bits per heavy atom. The Labute approximate surface area is 85.2 Å². The predicted octanol–water partition coefficient (Wildman–Crippen LogP) is 1.45. The van der Waals surface area contributed by atoms with Crippen LogP contribution in [0.15, 0.2) is 0 Å². The van der Waals surface area contributed by atoms with Gasteiger partial charge in [0.1, 0.15) is 0 Å². The Hall–Kier alpha value is -0.580. The summed E-state index contributed by atoms with van der Waals surface area (Å²) in [6, 6.07) is 0. The second kappa shape index (κ2) is 5.34. The summed E-state index contributed by atoms with van der Waals surface area (Å²) < 4.78 is 23.4. The lowest BCUT2D eigenvalue weighted by atomic mass is 10.3. The van der Waals surface area contributed by atoms with Gasteiger partial charge in [0.05, 0.1) is 16.9 Å². The van der Waals surface area contributed by atoms with Crippen molar-refractivity contribution < 1.29 is 18.3 Å². The normalized spacial score (nSPS) is 16.2. The van der Waals surface area contributed by atoms with Crippen molar-refractivity contribution in [3.63, 3.8) is 0 Å². The zero-order valence-electron chi connectivity index (χ0n) is 8.86. The van der Waals surface area contributed by atoms with Crippen molar-refractivity contribution >= 4 is 15.8 Å². The maximum atomic E-state index is 11.7. The Morgan fingerprint density at radius 3 is 2.14 bits per heavy atom. The summed E-state index contributed by atoms with van der Waals surface area (Å²) >= 11 is 0. The van der Waals surface area contributed by atoms with E-state index in [-0.39, 0.29) is 6.42 Å². The monoisotopic (exact) mass is 222 g/mol. The van der Waals surface area contributed by atoms with Crippen LogP contribution in [0.2, 0.25) is 0 Å². The molecule has 14 heavy (non-hydrogen) atoms. The Bertz CT molecular complexity index is 281. The van der Waals surface area contributed by atoms with Crippen molar-refractivity contribution in [3.05, 3.63) is 0 Å². The first kappa shape index (κ1) is 13.4. The highest BCUT2D eigenvalue weighted by atomic mass is 32.2. The van der Waals surface area contributed by atoms with E-state index in [1.54, 1.807) is 6.92 Å². The molecule has 0 aromatic carbocycles. The number of carboxylic acid groups (broad SMARTS) is 1. The van der Waals surface area contributed by atoms with Crippen LogP contribution >= 0.6 is 0 Å². The summed E-state index contributed by atoms with van der Waals surface area (Å²) in [5.74, 6) is -1.07. The second-order valence-corrected chi connectivity index (χ2v) is 6.38. The van der Waals surface area contributed by atoms with E-state index in [1.807, 2.05) is 6.92 Å². The van der Waals surface area contributed by atoms with Crippen LogP contribution in [0.1, 0.15) is 40.0 Å². The Kier molecular flexibility index (Phi) is 5.12. The molecule has 0 fully saturated rings. The molecule has 0 heterocycles. The molecule has 0 bridgehead atoms. The molecule has 0 spiro atoms. The lowest BCUT2D eigenvalue weighted by molar-refractivity contribution is -0.136. The van der Waals surface area contributed by atoms with E-state index < -0.39 is 26.3 Å². The molecule has 0 aliphatic heterocycles. The van der Waals surface area contributed by atoms with Crippen LogP contribution in [0.4, 0.5) is 0 Å². The summed E-state index contributed by atoms with van der Waals surface area (Å²) in [4.78, 5) is 10.4. The van der Waals surface area contributed by atoms with E-state index in [0.717, 1.165) is 6.42 Å². The fourth-order valence-corrected chi connectivity index (χ4v) is 3.06. The molecule has 2 atom stereocenters. The molecule has 84 valence electrons. The maximum Gasteiger partial charge on any atom is 0.304 e. The first-order valence-corrected chi connectivity index (χ1v) is 6.37. The molecule has 2 unspecified atom stereocenters. The van der Waals surface area contributed by atoms with Crippen molar-refractivity contribution in [2.75, 3.05) is 0 Å². The van der Waals surface area contributed by atoms with Crippen LogP contribution < -0.4 is 0 Å². The van der Waals surface area contributed by atoms with E-state index in [1.165, 1.54) is 6.92 Å². The molecule has 0 radical (unpaired) electrons. The molecule has 1 N–H and O–H groups in total. The molecule has 5 heteroatoms. The average Bonchev–Trinajstić information content (AvgIpc) is 2.03. The van der Waals surface area contributed by atoms with Crippen molar-refractivity contribution in [1.82, 2.24) is 0 Å². The van der Waals surface area contributed by atoms with E-state index in [0.29, 0.717) is 6.42 Å².